The van der Waals surface area contributed by atoms with Gasteiger partial charge in [-0.2, -0.15) is 0 Å². The summed E-state index contributed by atoms with van der Waals surface area (Å²) in [6.07, 6.45) is 2.38. The second-order valence-electron chi connectivity index (χ2n) is 5.24. The van der Waals surface area contributed by atoms with E-state index < -0.39 is 9.84 Å². The van der Waals surface area contributed by atoms with Crippen molar-refractivity contribution >= 4 is 9.84 Å². The molecule has 0 saturated carbocycles. The lowest BCUT2D eigenvalue weighted by Crippen LogP contribution is -2.36. The molecule has 1 unspecified atom stereocenters. The minimum absolute atomic E-state index is 0.195. The smallest absolute Gasteiger partial charge is 0.148 e. The molecule has 1 rings (SSSR count). The van der Waals surface area contributed by atoms with Gasteiger partial charge in [0.2, 0.25) is 0 Å². The zero-order valence-corrected chi connectivity index (χ0v) is 13.5. The van der Waals surface area contributed by atoms with Gasteiger partial charge in [0.25, 0.3) is 0 Å². The fraction of sp³-hybridized carbons (Fsp3) is 0.600. The number of likely N-dealkylation sites (N-methyl/N-ethyl adjacent to an activating group) is 1. The van der Waals surface area contributed by atoms with E-state index in [9.17, 15) is 8.42 Å². The number of nitrogens with zero attached hydrogens (tertiary/aromatic N) is 1. The van der Waals surface area contributed by atoms with Crippen LogP contribution < -0.4 is 5.32 Å². The molecule has 4 nitrogen and oxygen atoms in total. The van der Waals surface area contributed by atoms with Gasteiger partial charge in [-0.15, -0.1) is 0 Å². The van der Waals surface area contributed by atoms with Gasteiger partial charge in [-0.25, -0.2) is 8.42 Å². The number of nitrogens with one attached hydrogen (secondary N) is 1. The molecule has 0 amide bonds. The maximum absolute atomic E-state index is 11.3. The van der Waals surface area contributed by atoms with Crippen LogP contribution in [0.5, 0.6) is 0 Å². The highest BCUT2D eigenvalue weighted by molar-refractivity contribution is 7.90. The minimum atomic E-state index is -2.92. The lowest BCUT2D eigenvalue weighted by molar-refractivity contribution is 0.251. The molecule has 0 fully saturated rings. The maximum atomic E-state index is 11.3. The summed E-state index contributed by atoms with van der Waals surface area (Å²) in [5.74, 6) is 0.195. The summed E-state index contributed by atoms with van der Waals surface area (Å²) in [7, 11) is -0.940. The highest BCUT2D eigenvalue weighted by Gasteiger charge is 2.17. The highest BCUT2D eigenvalue weighted by atomic mass is 32.2. The Kier molecular flexibility index (Phi) is 7.19. The molecule has 0 radical (unpaired) electrons. The Bertz CT molecular complexity index is 474. The molecule has 1 atom stereocenters. The average molecular weight is 298 g/mol. The Morgan fingerprint density at radius 1 is 1.25 bits per heavy atom. The Labute approximate surface area is 123 Å². The molecule has 20 heavy (non-hydrogen) atoms. The van der Waals surface area contributed by atoms with E-state index in [0.29, 0.717) is 6.54 Å². The van der Waals surface area contributed by atoms with Crippen LogP contribution in [0, 0.1) is 0 Å². The first-order valence-electron chi connectivity index (χ1n) is 7.07. The largest absolute Gasteiger partial charge is 0.315 e. The van der Waals surface area contributed by atoms with Crippen molar-refractivity contribution in [2.75, 3.05) is 38.7 Å². The first kappa shape index (κ1) is 17.1. The molecule has 0 aliphatic heterocycles. The van der Waals surface area contributed by atoms with Gasteiger partial charge in [-0.05, 0) is 25.6 Å². The van der Waals surface area contributed by atoms with E-state index in [-0.39, 0.29) is 11.8 Å². The van der Waals surface area contributed by atoms with Crippen LogP contribution in [0.2, 0.25) is 0 Å². The van der Waals surface area contributed by atoms with Crippen LogP contribution in [0.1, 0.15) is 24.9 Å². The second-order valence-corrected chi connectivity index (χ2v) is 7.50. The number of hydrogen-bond donors (Lipinski definition) is 1. The van der Waals surface area contributed by atoms with Gasteiger partial charge < -0.3 is 5.32 Å². The van der Waals surface area contributed by atoms with Gasteiger partial charge in [0.1, 0.15) is 9.84 Å². The average Bonchev–Trinajstić information content (AvgIpc) is 2.41. The van der Waals surface area contributed by atoms with Gasteiger partial charge in [0.05, 0.1) is 5.75 Å². The Morgan fingerprint density at radius 3 is 2.45 bits per heavy atom. The maximum Gasteiger partial charge on any atom is 0.148 e. The van der Waals surface area contributed by atoms with Crippen molar-refractivity contribution in [3.8, 4) is 0 Å². The summed E-state index contributed by atoms with van der Waals surface area (Å²) in [6, 6.07) is 10.4. The molecule has 0 aliphatic carbocycles. The highest BCUT2D eigenvalue weighted by Crippen LogP contribution is 2.18. The van der Waals surface area contributed by atoms with E-state index in [1.807, 2.05) is 25.2 Å². The topological polar surface area (TPSA) is 49.4 Å². The van der Waals surface area contributed by atoms with E-state index in [1.165, 1.54) is 11.8 Å². The summed E-state index contributed by atoms with van der Waals surface area (Å²) in [4.78, 5) is 2.11. The number of hydrogen-bond acceptors (Lipinski definition) is 4. The van der Waals surface area contributed by atoms with Crippen molar-refractivity contribution in [1.29, 1.82) is 0 Å². The monoisotopic (exact) mass is 298 g/mol. The van der Waals surface area contributed by atoms with E-state index in [4.69, 9.17) is 0 Å². The van der Waals surface area contributed by atoms with Crippen LogP contribution in [-0.4, -0.2) is 52.0 Å². The third-order valence-corrected chi connectivity index (χ3v) is 4.22. The van der Waals surface area contributed by atoms with Gasteiger partial charge in [0.15, 0.2) is 0 Å². The molecule has 0 spiro atoms. The van der Waals surface area contributed by atoms with Crippen molar-refractivity contribution in [1.82, 2.24) is 10.2 Å². The zero-order valence-electron chi connectivity index (χ0n) is 12.7. The summed E-state index contributed by atoms with van der Waals surface area (Å²) in [6.45, 7) is 4.49. The number of rotatable bonds is 9. The normalized spacial score (nSPS) is 13.6. The predicted octanol–water partition coefficient (Wildman–Crippen LogP) is 1.70. The fourth-order valence-corrected chi connectivity index (χ4v) is 2.70. The van der Waals surface area contributed by atoms with Crippen molar-refractivity contribution in [2.45, 2.75) is 19.4 Å². The molecule has 0 bridgehead atoms. The molecule has 1 aromatic rings. The van der Waals surface area contributed by atoms with Crippen molar-refractivity contribution in [2.24, 2.45) is 0 Å². The van der Waals surface area contributed by atoms with Gasteiger partial charge in [-0.3, -0.25) is 4.90 Å². The molecular weight excluding hydrogens is 272 g/mol. The van der Waals surface area contributed by atoms with Crippen LogP contribution in [0.25, 0.3) is 0 Å². The van der Waals surface area contributed by atoms with Gasteiger partial charge in [-0.1, -0.05) is 37.3 Å². The van der Waals surface area contributed by atoms with Crippen LogP contribution in [0.3, 0.4) is 0 Å². The number of sulfone groups is 1. The summed E-state index contributed by atoms with van der Waals surface area (Å²) in [5, 5.41) is 3.42. The summed E-state index contributed by atoms with van der Waals surface area (Å²) in [5.41, 5.74) is 1.21. The first-order valence-corrected chi connectivity index (χ1v) is 9.13. The SMILES string of the molecule is CCCNCC(c1ccccc1)N(C)CCS(C)(=O)=O. The molecule has 114 valence electrons. The molecule has 5 heteroatoms. The Balaban J connectivity index is 2.71. The third kappa shape index (κ3) is 6.50. The lowest BCUT2D eigenvalue weighted by Gasteiger charge is -2.28. The van der Waals surface area contributed by atoms with Gasteiger partial charge in [0, 0.05) is 25.4 Å². The standard InChI is InChI=1S/C15H26N2O2S/c1-4-10-16-13-15(14-8-6-5-7-9-14)17(2)11-12-20(3,18)19/h5-9,15-16H,4,10-13H2,1-3H3. The van der Waals surface area contributed by atoms with Crippen LogP contribution in [0.15, 0.2) is 30.3 Å². The van der Waals surface area contributed by atoms with Crippen molar-refractivity contribution in [3.05, 3.63) is 35.9 Å². The molecule has 1 aromatic carbocycles. The summed E-state index contributed by atoms with van der Waals surface area (Å²) < 4.78 is 22.6. The molecule has 1 N–H and O–H groups in total. The Hall–Kier alpha value is -0.910. The fourth-order valence-electron chi connectivity index (χ4n) is 2.08. The molecule has 0 saturated heterocycles. The first-order chi connectivity index (χ1) is 9.44. The van der Waals surface area contributed by atoms with Crippen molar-refractivity contribution in [3.63, 3.8) is 0 Å². The number of benzene rings is 1. The second kappa shape index (κ2) is 8.39. The van der Waals surface area contributed by atoms with Crippen LogP contribution >= 0.6 is 0 Å². The molecular formula is C15H26N2O2S. The summed E-state index contributed by atoms with van der Waals surface area (Å²) >= 11 is 0. The van der Waals surface area contributed by atoms with Crippen LogP contribution in [-0.2, 0) is 9.84 Å². The van der Waals surface area contributed by atoms with E-state index in [0.717, 1.165) is 19.5 Å². The molecule has 0 heterocycles. The zero-order chi connectivity index (χ0) is 15.0. The quantitative estimate of drug-likeness (QED) is 0.705. The van der Waals surface area contributed by atoms with E-state index in [2.05, 4.69) is 29.3 Å². The van der Waals surface area contributed by atoms with E-state index in [1.54, 1.807) is 0 Å². The molecule has 0 aromatic heterocycles. The third-order valence-electron chi connectivity index (χ3n) is 3.30. The van der Waals surface area contributed by atoms with Crippen molar-refractivity contribution < 1.29 is 8.42 Å². The predicted molar refractivity (Wildman–Crippen MR) is 84.7 cm³/mol. The van der Waals surface area contributed by atoms with Crippen LogP contribution in [0.4, 0.5) is 0 Å². The lowest BCUT2D eigenvalue weighted by atomic mass is 10.1. The minimum Gasteiger partial charge on any atom is -0.315 e. The molecule has 0 aliphatic rings. The van der Waals surface area contributed by atoms with Gasteiger partial charge >= 0.3 is 0 Å². The Morgan fingerprint density at radius 2 is 1.90 bits per heavy atom. The van der Waals surface area contributed by atoms with E-state index >= 15 is 0 Å².